The normalized spacial score (nSPS) is 13.7. The van der Waals surface area contributed by atoms with Crippen molar-refractivity contribution < 1.29 is 13.6 Å². The van der Waals surface area contributed by atoms with E-state index in [1.807, 2.05) is 26.8 Å². The van der Waals surface area contributed by atoms with E-state index in [-0.39, 0.29) is 6.10 Å². The molecule has 3 nitrogen and oxygen atoms in total. The first-order chi connectivity index (χ1) is 7.28. The standard InChI is InChI=1S/C11H24O3Si/c1-5-9-12-11(6-2)10-15(13-7-3)14-8-4/h5,9,11,15H,6-8,10H2,1-4H3. The van der Waals surface area contributed by atoms with Crippen molar-refractivity contribution >= 4 is 9.28 Å². The molecule has 0 rings (SSSR count). The lowest BCUT2D eigenvalue weighted by atomic mass is 10.3. The van der Waals surface area contributed by atoms with Gasteiger partial charge >= 0.3 is 9.28 Å². The van der Waals surface area contributed by atoms with Crippen LogP contribution in [0.25, 0.3) is 0 Å². The fraction of sp³-hybridized carbons (Fsp3) is 0.818. The summed E-state index contributed by atoms with van der Waals surface area (Å²) in [4.78, 5) is 0. The first kappa shape index (κ1) is 14.7. The predicted octanol–water partition coefficient (Wildman–Crippen LogP) is 2.61. The van der Waals surface area contributed by atoms with Crippen LogP contribution in [-0.2, 0) is 13.6 Å². The van der Waals surface area contributed by atoms with Crippen molar-refractivity contribution in [2.24, 2.45) is 0 Å². The molecule has 0 fully saturated rings. The summed E-state index contributed by atoms with van der Waals surface area (Å²) in [5.41, 5.74) is 0. The zero-order chi connectivity index (χ0) is 11.5. The van der Waals surface area contributed by atoms with Gasteiger partial charge in [0.1, 0.15) is 0 Å². The first-order valence-electron chi connectivity index (χ1n) is 5.78. The van der Waals surface area contributed by atoms with Gasteiger partial charge in [0.05, 0.1) is 12.4 Å². The number of hydrogen-bond donors (Lipinski definition) is 0. The van der Waals surface area contributed by atoms with Crippen LogP contribution in [0.3, 0.4) is 0 Å². The summed E-state index contributed by atoms with van der Waals surface area (Å²) in [7, 11) is -1.51. The van der Waals surface area contributed by atoms with Crippen LogP contribution in [0.15, 0.2) is 12.3 Å². The molecule has 0 saturated carbocycles. The molecule has 90 valence electrons. The predicted molar refractivity (Wildman–Crippen MR) is 65.2 cm³/mol. The molecule has 0 radical (unpaired) electrons. The third-order valence-corrected chi connectivity index (χ3v) is 4.34. The Balaban J connectivity index is 3.96. The Kier molecular flexibility index (Phi) is 9.98. The van der Waals surface area contributed by atoms with Gasteiger partial charge in [-0.2, -0.15) is 0 Å². The summed E-state index contributed by atoms with van der Waals surface area (Å²) in [6, 6.07) is 0.919. The minimum absolute atomic E-state index is 0.232. The molecule has 0 N–H and O–H groups in total. The third-order valence-electron chi connectivity index (χ3n) is 2.02. The van der Waals surface area contributed by atoms with E-state index < -0.39 is 9.28 Å². The molecule has 0 heterocycles. The van der Waals surface area contributed by atoms with Gasteiger partial charge in [-0.3, -0.25) is 0 Å². The zero-order valence-electron chi connectivity index (χ0n) is 10.4. The highest BCUT2D eigenvalue weighted by molar-refractivity contribution is 6.44. The van der Waals surface area contributed by atoms with Crippen LogP contribution in [0.4, 0.5) is 0 Å². The lowest BCUT2D eigenvalue weighted by molar-refractivity contribution is 0.135. The van der Waals surface area contributed by atoms with Crippen LogP contribution in [0.2, 0.25) is 6.04 Å². The Morgan fingerprint density at radius 1 is 1.13 bits per heavy atom. The first-order valence-corrected chi connectivity index (χ1v) is 7.54. The second-order valence-electron chi connectivity index (χ2n) is 3.21. The van der Waals surface area contributed by atoms with E-state index in [4.69, 9.17) is 13.6 Å². The maximum Gasteiger partial charge on any atom is 0.325 e. The van der Waals surface area contributed by atoms with Crippen LogP contribution in [0.5, 0.6) is 0 Å². The summed E-state index contributed by atoms with van der Waals surface area (Å²) < 4.78 is 16.8. The molecule has 1 unspecified atom stereocenters. The van der Waals surface area contributed by atoms with Crippen molar-refractivity contribution in [2.75, 3.05) is 13.2 Å². The maximum atomic E-state index is 5.61. The second-order valence-corrected chi connectivity index (χ2v) is 5.21. The Hall–Kier alpha value is -0.323. The second kappa shape index (κ2) is 10.2. The smallest absolute Gasteiger partial charge is 0.325 e. The van der Waals surface area contributed by atoms with E-state index in [2.05, 4.69) is 6.92 Å². The van der Waals surface area contributed by atoms with Crippen molar-refractivity contribution in [3.63, 3.8) is 0 Å². The number of hydrogen-bond acceptors (Lipinski definition) is 3. The third kappa shape index (κ3) is 7.59. The average molecular weight is 232 g/mol. The van der Waals surface area contributed by atoms with Gasteiger partial charge in [-0.15, -0.1) is 0 Å². The van der Waals surface area contributed by atoms with E-state index in [9.17, 15) is 0 Å². The van der Waals surface area contributed by atoms with Crippen LogP contribution in [0, 0.1) is 0 Å². The molecule has 15 heavy (non-hydrogen) atoms. The number of allylic oxidation sites excluding steroid dienone is 1. The zero-order valence-corrected chi connectivity index (χ0v) is 11.5. The number of rotatable bonds is 9. The van der Waals surface area contributed by atoms with Gasteiger partial charge in [0.2, 0.25) is 0 Å². The van der Waals surface area contributed by atoms with Gasteiger partial charge in [0.25, 0.3) is 0 Å². The molecular formula is C11H24O3Si. The van der Waals surface area contributed by atoms with E-state index in [1.165, 1.54) is 0 Å². The summed E-state index contributed by atoms with van der Waals surface area (Å²) >= 11 is 0. The fourth-order valence-corrected chi connectivity index (χ4v) is 3.26. The lowest BCUT2D eigenvalue weighted by Gasteiger charge is -2.20. The van der Waals surface area contributed by atoms with Crippen LogP contribution < -0.4 is 0 Å². The molecular weight excluding hydrogens is 208 g/mol. The molecule has 0 aliphatic carbocycles. The molecule has 0 aromatic heterocycles. The molecule has 0 aromatic rings. The molecule has 0 amide bonds. The topological polar surface area (TPSA) is 27.7 Å². The number of ether oxygens (including phenoxy) is 1. The maximum absolute atomic E-state index is 5.61. The summed E-state index contributed by atoms with van der Waals surface area (Å²) in [5.74, 6) is 0. The summed E-state index contributed by atoms with van der Waals surface area (Å²) in [6.45, 7) is 9.55. The largest absolute Gasteiger partial charge is 0.499 e. The highest BCUT2D eigenvalue weighted by Gasteiger charge is 2.18. The molecule has 0 aromatic carbocycles. The van der Waals surface area contributed by atoms with E-state index in [0.717, 1.165) is 25.7 Å². The Labute approximate surface area is 95.3 Å². The van der Waals surface area contributed by atoms with Crippen molar-refractivity contribution in [3.8, 4) is 0 Å². The van der Waals surface area contributed by atoms with Gasteiger partial charge in [-0.25, -0.2) is 0 Å². The van der Waals surface area contributed by atoms with Gasteiger partial charge in [-0.1, -0.05) is 13.0 Å². The van der Waals surface area contributed by atoms with E-state index in [1.54, 1.807) is 6.26 Å². The molecule has 1 atom stereocenters. The Bertz CT molecular complexity index is 156. The van der Waals surface area contributed by atoms with Crippen molar-refractivity contribution in [3.05, 3.63) is 12.3 Å². The molecule has 0 bridgehead atoms. The van der Waals surface area contributed by atoms with Crippen molar-refractivity contribution in [1.29, 1.82) is 0 Å². The van der Waals surface area contributed by atoms with Gasteiger partial charge in [0.15, 0.2) is 0 Å². The molecule has 0 saturated heterocycles. The molecule has 0 spiro atoms. The highest BCUT2D eigenvalue weighted by atomic mass is 28.3. The van der Waals surface area contributed by atoms with E-state index in [0.29, 0.717) is 0 Å². The average Bonchev–Trinajstić information content (AvgIpc) is 2.24. The highest BCUT2D eigenvalue weighted by Crippen LogP contribution is 2.10. The SMILES string of the molecule is CC=COC(CC)C[SiH](OCC)OCC. The molecule has 4 heteroatoms. The molecule has 0 aliphatic rings. The Morgan fingerprint density at radius 3 is 2.13 bits per heavy atom. The van der Waals surface area contributed by atoms with Gasteiger partial charge in [0, 0.05) is 19.3 Å². The van der Waals surface area contributed by atoms with Crippen molar-refractivity contribution in [2.45, 2.75) is 46.3 Å². The summed E-state index contributed by atoms with van der Waals surface area (Å²) in [5, 5.41) is 0. The monoisotopic (exact) mass is 232 g/mol. The van der Waals surface area contributed by atoms with Crippen LogP contribution in [-0.4, -0.2) is 28.6 Å². The quantitative estimate of drug-likeness (QED) is 0.452. The van der Waals surface area contributed by atoms with E-state index >= 15 is 0 Å². The molecule has 0 aliphatic heterocycles. The summed E-state index contributed by atoms with van der Waals surface area (Å²) in [6.07, 6.45) is 4.88. The van der Waals surface area contributed by atoms with Crippen LogP contribution >= 0.6 is 0 Å². The fourth-order valence-electron chi connectivity index (χ4n) is 1.28. The van der Waals surface area contributed by atoms with Crippen molar-refractivity contribution in [1.82, 2.24) is 0 Å². The van der Waals surface area contributed by atoms with Gasteiger partial charge in [-0.05, 0) is 27.2 Å². The van der Waals surface area contributed by atoms with Crippen LogP contribution in [0.1, 0.15) is 34.1 Å². The lowest BCUT2D eigenvalue weighted by Crippen LogP contribution is -2.28. The minimum Gasteiger partial charge on any atom is -0.499 e. The minimum atomic E-state index is -1.51. The van der Waals surface area contributed by atoms with Gasteiger partial charge < -0.3 is 13.6 Å². The Morgan fingerprint density at radius 2 is 1.73 bits per heavy atom.